The molecule has 0 fully saturated rings. The summed E-state index contributed by atoms with van der Waals surface area (Å²) < 4.78 is 5.49. The third-order valence-corrected chi connectivity index (χ3v) is 3.65. The maximum Gasteiger partial charge on any atom is 0.344 e. The van der Waals surface area contributed by atoms with Crippen LogP contribution in [0.5, 0.6) is 0 Å². The Morgan fingerprint density at radius 3 is 2.60 bits per heavy atom. The van der Waals surface area contributed by atoms with Gasteiger partial charge in [0, 0.05) is 27.4 Å². The van der Waals surface area contributed by atoms with E-state index in [1.54, 1.807) is 24.4 Å². The number of rotatable bonds is 0. The first-order valence-corrected chi connectivity index (χ1v) is 6.52. The quantitative estimate of drug-likeness (QED) is 0.455. The van der Waals surface area contributed by atoms with Crippen LogP contribution in [0.2, 0.25) is 5.02 Å². The van der Waals surface area contributed by atoms with Crippen LogP contribution in [0, 0.1) is 0 Å². The van der Waals surface area contributed by atoms with Gasteiger partial charge in [-0.2, -0.15) is 0 Å². The van der Waals surface area contributed by atoms with Gasteiger partial charge in [-0.05, 0) is 24.3 Å². The Morgan fingerprint density at radius 2 is 1.75 bits per heavy atom. The minimum Gasteiger partial charge on any atom is -0.421 e. The van der Waals surface area contributed by atoms with Crippen LogP contribution >= 0.6 is 11.6 Å². The second kappa shape index (κ2) is 4.05. The predicted octanol–water partition coefficient (Wildman–Crippen LogP) is 4.15. The molecule has 4 aromatic rings. The van der Waals surface area contributed by atoms with E-state index in [2.05, 4.69) is 4.98 Å². The monoisotopic (exact) mass is 281 g/mol. The van der Waals surface area contributed by atoms with Gasteiger partial charge in [0.15, 0.2) is 0 Å². The van der Waals surface area contributed by atoms with Crippen molar-refractivity contribution in [2.75, 3.05) is 0 Å². The lowest BCUT2D eigenvalue weighted by Crippen LogP contribution is -2.00. The van der Waals surface area contributed by atoms with E-state index in [4.69, 9.17) is 16.0 Å². The number of fused-ring (bicyclic) bond motifs is 5. The Labute approximate surface area is 118 Å². The molecule has 2 aromatic carbocycles. The molecule has 0 saturated carbocycles. The topological polar surface area (TPSA) is 43.1 Å². The number of hydrogen-bond donors (Lipinski definition) is 0. The van der Waals surface area contributed by atoms with Gasteiger partial charge in [-0.3, -0.25) is 4.98 Å². The van der Waals surface area contributed by atoms with Crippen LogP contribution in [0.1, 0.15) is 0 Å². The molecule has 0 bridgehead atoms. The van der Waals surface area contributed by atoms with Crippen LogP contribution in [-0.4, -0.2) is 4.98 Å². The molecule has 0 unspecified atom stereocenters. The SMILES string of the molecule is O=c1oc2c3cc(Cl)ccc3ncc2c2ccccc12. The number of benzene rings is 2. The number of pyridine rings is 1. The maximum atomic E-state index is 12.1. The minimum absolute atomic E-state index is 0.347. The molecule has 2 heterocycles. The molecule has 0 aliphatic heterocycles. The second-order valence-electron chi connectivity index (χ2n) is 4.60. The van der Waals surface area contributed by atoms with Crippen molar-refractivity contribution in [3.63, 3.8) is 0 Å². The van der Waals surface area contributed by atoms with Gasteiger partial charge in [-0.15, -0.1) is 0 Å². The molecule has 0 amide bonds. The number of halogens is 1. The molecule has 0 radical (unpaired) electrons. The average Bonchev–Trinajstić information content (AvgIpc) is 2.47. The van der Waals surface area contributed by atoms with E-state index in [0.717, 1.165) is 21.7 Å². The van der Waals surface area contributed by atoms with Gasteiger partial charge >= 0.3 is 5.63 Å². The van der Waals surface area contributed by atoms with E-state index >= 15 is 0 Å². The van der Waals surface area contributed by atoms with Crippen LogP contribution in [0.3, 0.4) is 0 Å². The van der Waals surface area contributed by atoms with Crippen LogP contribution in [0.4, 0.5) is 0 Å². The summed E-state index contributed by atoms with van der Waals surface area (Å²) in [6, 6.07) is 12.7. The Bertz CT molecular complexity index is 1040. The summed E-state index contributed by atoms with van der Waals surface area (Å²) in [5.41, 5.74) is 0.933. The summed E-state index contributed by atoms with van der Waals surface area (Å²) >= 11 is 6.03. The van der Waals surface area contributed by atoms with E-state index in [1.807, 2.05) is 24.3 Å². The highest BCUT2D eigenvalue weighted by Gasteiger charge is 2.10. The minimum atomic E-state index is -0.347. The Balaban J connectivity index is 2.35. The van der Waals surface area contributed by atoms with Crippen LogP contribution < -0.4 is 5.63 Å². The molecule has 96 valence electrons. The van der Waals surface area contributed by atoms with Crippen molar-refractivity contribution in [3.05, 3.63) is 64.1 Å². The summed E-state index contributed by atoms with van der Waals surface area (Å²) in [6.07, 6.45) is 1.73. The second-order valence-corrected chi connectivity index (χ2v) is 5.03. The average molecular weight is 282 g/mol. The molecule has 0 atom stereocenters. The van der Waals surface area contributed by atoms with Crippen molar-refractivity contribution in [1.29, 1.82) is 0 Å². The van der Waals surface area contributed by atoms with Gasteiger partial charge < -0.3 is 4.42 Å². The summed E-state index contributed by atoms with van der Waals surface area (Å²) in [5, 5.41) is 3.55. The fourth-order valence-electron chi connectivity index (χ4n) is 2.49. The summed E-state index contributed by atoms with van der Waals surface area (Å²) in [4.78, 5) is 16.5. The van der Waals surface area contributed by atoms with Gasteiger partial charge in [-0.1, -0.05) is 29.8 Å². The van der Waals surface area contributed by atoms with E-state index in [-0.39, 0.29) is 5.63 Å². The molecule has 0 N–H and O–H groups in total. The van der Waals surface area contributed by atoms with Crippen molar-refractivity contribution < 1.29 is 4.42 Å². The van der Waals surface area contributed by atoms with E-state index in [1.165, 1.54) is 0 Å². The molecule has 20 heavy (non-hydrogen) atoms. The molecule has 0 aliphatic rings. The molecule has 3 nitrogen and oxygen atoms in total. The van der Waals surface area contributed by atoms with E-state index in [9.17, 15) is 4.79 Å². The van der Waals surface area contributed by atoms with Gasteiger partial charge in [0.25, 0.3) is 0 Å². The highest BCUT2D eigenvalue weighted by Crippen LogP contribution is 2.29. The highest BCUT2D eigenvalue weighted by atomic mass is 35.5. The fraction of sp³-hybridized carbons (Fsp3) is 0. The summed E-state index contributed by atoms with van der Waals surface area (Å²) in [5.74, 6) is 0. The van der Waals surface area contributed by atoms with Crippen molar-refractivity contribution in [1.82, 2.24) is 4.98 Å². The zero-order valence-electron chi connectivity index (χ0n) is 10.3. The lowest BCUT2D eigenvalue weighted by molar-refractivity contribution is 0.572. The number of aromatic nitrogens is 1. The summed E-state index contributed by atoms with van der Waals surface area (Å²) in [6.45, 7) is 0. The standard InChI is InChI=1S/C16H8ClNO2/c17-9-5-6-14-12(7-9)15-13(8-18-14)10-3-1-2-4-11(10)16(19)20-15/h1-8H. The number of nitrogens with zero attached hydrogens (tertiary/aromatic N) is 1. The van der Waals surface area contributed by atoms with E-state index in [0.29, 0.717) is 16.0 Å². The predicted molar refractivity (Wildman–Crippen MR) is 80.3 cm³/mol. The third kappa shape index (κ3) is 1.53. The van der Waals surface area contributed by atoms with Crippen LogP contribution in [-0.2, 0) is 0 Å². The fourth-order valence-corrected chi connectivity index (χ4v) is 2.66. The van der Waals surface area contributed by atoms with Crippen LogP contribution in [0.15, 0.2) is 57.9 Å². The largest absolute Gasteiger partial charge is 0.421 e. The normalized spacial score (nSPS) is 11.4. The zero-order valence-corrected chi connectivity index (χ0v) is 11.0. The lowest BCUT2D eigenvalue weighted by atomic mass is 10.1. The Kier molecular flexibility index (Phi) is 2.32. The van der Waals surface area contributed by atoms with E-state index < -0.39 is 0 Å². The molecule has 2 aromatic heterocycles. The molecule has 4 rings (SSSR count). The first-order valence-electron chi connectivity index (χ1n) is 6.14. The van der Waals surface area contributed by atoms with Gasteiger partial charge in [0.2, 0.25) is 0 Å². The van der Waals surface area contributed by atoms with Crippen molar-refractivity contribution in [2.24, 2.45) is 0 Å². The zero-order chi connectivity index (χ0) is 13.7. The molecular weight excluding hydrogens is 274 g/mol. The molecule has 0 spiro atoms. The highest BCUT2D eigenvalue weighted by molar-refractivity contribution is 6.31. The van der Waals surface area contributed by atoms with Gasteiger partial charge in [-0.25, -0.2) is 4.79 Å². The first-order chi connectivity index (χ1) is 9.74. The molecule has 0 saturated heterocycles. The van der Waals surface area contributed by atoms with Gasteiger partial charge in [0.05, 0.1) is 10.9 Å². The molecule has 0 aliphatic carbocycles. The molecular formula is C16H8ClNO2. The third-order valence-electron chi connectivity index (χ3n) is 3.41. The van der Waals surface area contributed by atoms with Crippen molar-refractivity contribution in [2.45, 2.75) is 0 Å². The first kappa shape index (κ1) is 11.4. The van der Waals surface area contributed by atoms with Crippen molar-refractivity contribution >= 4 is 44.2 Å². The molecule has 4 heteroatoms. The summed E-state index contributed by atoms with van der Waals surface area (Å²) in [7, 11) is 0. The maximum absolute atomic E-state index is 12.1. The smallest absolute Gasteiger partial charge is 0.344 e. The van der Waals surface area contributed by atoms with Crippen molar-refractivity contribution in [3.8, 4) is 0 Å². The Hall–Kier alpha value is -2.39. The van der Waals surface area contributed by atoms with Crippen LogP contribution in [0.25, 0.3) is 32.6 Å². The number of hydrogen-bond acceptors (Lipinski definition) is 3. The van der Waals surface area contributed by atoms with Gasteiger partial charge in [0.1, 0.15) is 5.58 Å². The lowest BCUT2D eigenvalue weighted by Gasteiger charge is -2.05. The Morgan fingerprint density at radius 1 is 0.950 bits per heavy atom.